The maximum atomic E-state index is 10.3. The molecule has 2 nitrogen and oxygen atoms in total. The molecule has 0 heterocycles. The van der Waals surface area contributed by atoms with Crippen LogP contribution < -0.4 is 4.74 Å². The highest BCUT2D eigenvalue weighted by atomic mass is 35.6. The fraction of sp³-hybridized carbons (Fsp3) is 0.125. The first-order chi connectivity index (χ1) is 6.42. The first-order valence-electron chi connectivity index (χ1n) is 3.36. The summed E-state index contributed by atoms with van der Waals surface area (Å²) in [4.78, 5) is 10.3. The molecule has 0 bridgehead atoms. The van der Waals surface area contributed by atoms with Gasteiger partial charge in [0.15, 0.2) is 0 Å². The summed E-state index contributed by atoms with van der Waals surface area (Å²) >= 11 is 21.9. The van der Waals surface area contributed by atoms with Crippen LogP contribution in [0.1, 0.15) is 5.56 Å². The van der Waals surface area contributed by atoms with Gasteiger partial charge in [-0.05, 0) is 53.0 Å². The zero-order valence-corrected chi connectivity index (χ0v) is 9.58. The topological polar surface area (TPSA) is 26.3 Å². The lowest BCUT2D eigenvalue weighted by Crippen LogP contribution is -2.12. The van der Waals surface area contributed by atoms with Crippen LogP contribution in [0.15, 0.2) is 18.2 Å². The van der Waals surface area contributed by atoms with Gasteiger partial charge < -0.3 is 4.74 Å². The Balaban J connectivity index is 2.95. The van der Waals surface area contributed by atoms with Crippen molar-refractivity contribution in [2.24, 2.45) is 0 Å². The monoisotopic (exact) mass is 271 g/mol. The predicted molar refractivity (Wildman–Crippen MR) is 57.2 cm³/mol. The van der Waals surface area contributed by atoms with Gasteiger partial charge in [0, 0.05) is 5.56 Å². The summed E-state index contributed by atoms with van der Waals surface area (Å²) < 4.78 is 2.99. The van der Waals surface area contributed by atoms with Gasteiger partial charge in [0.05, 0.1) is 5.02 Å². The highest BCUT2D eigenvalue weighted by Gasteiger charge is 2.23. The zero-order chi connectivity index (χ0) is 10.8. The molecule has 0 saturated carbocycles. The second kappa shape index (κ2) is 4.58. The Morgan fingerprint density at radius 1 is 1.29 bits per heavy atom. The lowest BCUT2D eigenvalue weighted by atomic mass is 10.2. The Labute approximate surface area is 101 Å². The molecule has 0 unspecified atom stereocenters. The average molecular weight is 273 g/mol. The van der Waals surface area contributed by atoms with Gasteiger partial charge in [-0.15, -0.1) is 0 Å². The van der Waals surface area contributed by atoms with Crippen LogP contribution in [0.4, 0.5) is 0 Å². The Kier molecular flexibility index (Phi) is 3.90. The number of hydrogen-bond acceptors (Lipinski definition) is 2. The molecule has 1 aromatic carbocycles. The van der Waals surface area contributed by atoms with E-state index >= 15 is 0 Å². The van der Waals surface area contributed by atoms with E-state index in [-0.39, 0.29) is 10.8 Å². The van der Waals surface area contributed by atoms with E-state index in [4.69, 9.17) is 51.1 Å². The normalized spacial score (nSPS) is 11.1. The smallest absolute Gasteiger partial charge is 0.338 e. The van der Waals surface area contributed by atoms with Crippen LogP contribution in [0.2, 0.25) is 5.02 Å². The van der Waals surface area contributed by atoms with E-state index in [9.17, 15) is 4.79 Å². The van der Waals surface area contributed by atoms with Gasteiger partial charge >= 0.3 is 3.98 Å². The van der Waals surface area contributed by atoms with Gasteiger partial charge in [0.1, 0.15) is 5.75 Å². The summed E-state index contributed by atoms with van der Waals surface area (Å²) in [7, 11) is 0. The van der Waals surface area contributed by atoms with Gasteiger partial charge in [-0.3, -0.25) is 4.79 Å². The third-order valence-corrected chi connectivity index (χ3v) is 1.80. The molecular formula is C8H3Cl4O2. The molecule has 0 aromatic heterocycles. The molecule has 75 valence electrons. The molecule has 1 rings (SSSR count). The SMILES string of the molecule is O=[C]c1ccc(OC(Cl)(Cl)Cl)c(Cl)c1. The van der Waals surface area contributed by atoms with Crippen LogP contribution in [0.5, 0.6) is 5.75 Å². The van der Waals surface area contributed by atoms with Crippen LogP contribution in [0.25, 0.3) is 0 Å². The summed E-state index contributed by atoms with van der Waals surface area (Å²) in [5.74, 6) is 0.186. The van der Waals surface area contributed by atoms with Gasteiger partial charge in [0.25, 0.3) is 0 Å². The van der Waals surface area contributed by atoms with Crippen LogP contribution in [-0.2, 0) is 4.79 Å². The number of ether oxygens (including phenoxy) is 1. The van der Waals surface area contributed by atoms with Crippen molar-refractivity contribution in [3.63, 3.8) is 0 Å². The number of carbonyl (C=O) groups excluding carboxylic acids is 1. The summed E-state index contributed by atoms with van der Waals surface area (Å²) in [6.07, 6.45) is 1.67. The third kappa shape index (κ3) is 3.54. The van der Waals surface area contributed by atoms with Crippen LogP contribution >= 0.6 is 46.4 Å². The van der Waals surface area contributed by atoms with Crippen molar-refractivity contribution in [2.45, 2.75) is 3.98 Å². The first kappa shape index (κ1) is 11.9. The van der Waals surface area contributed by atoms with E-state index in [0.717, 1.165) is 0 Å². The fourth-order valence-electron chi connectivity index (χ4n) is 0.772. The summed E-state index contributed by atoms with van der Waals surface area (Å²) in [6, 6.07) is 4.23. The quantitative estimate of drug-likeness (QED) is 0.771. The Morgan fingerprint density at radius 3 is 2.36 bits per heavy atom. The fourth-order valence-corrected chi connectivity index (χ4v) is 1.24. The van der Waals surface area contributed by atoms with E-state index < -0.39 is 3.98 Å². The van der Waals surface area contributed by atoms with Crippen molar-refractivity contribution in [3.05, 3.63) is 28.8 Å². The van der Waals surface area contributed by atoms with Gasteiger partial charge in [0.2, 0.25) is 6.29 Å². The molecule has 0 spiro atoms. The van der Waals surface area contributed by atoms with Crippen molar-refractivity contribution < 1.29 is 9.53 Å². The zero-order valence-electron chi connectivity index (χ0n) is 6.56. The molecule has 0 fully saturated rings. The van der Waals surface area contributed by atoms with Crippen molar-refractivity contribution in [3.8, 4) is 5.75 Å². The molecule has 0 aliphatic carbocycles. The molecular weight excluding hydrogens is 270 g/mol. The molecule has 0 N–H and O–H groups in total. The van der Waals surface area contributed by atoms with Crippen molar-refractivity contribution >= 4 is 52.7 Å². The second-order valence-corrected chi connectivity index (χ2v) is 4.88. The number of benzene rings is 1. The summed E-state index contributed by atoms with van der Waals surface area (Å²) in [6.45, 7) is 0. The highest BCUT2D eigenvalue weighted by Crippen LogP contribution is 2.34. The van der Waals surface area contributed by atoms with Crippen LogP contribution in [-0.4, -0.2) is 10.3 Å². The van der Waals surface area contributed by atoms with E-state index in [1.54, 1.807) is 6.29 Å². The molecule has 14 heavy (non-hydrogen) atoms. The van der Waals surface area contributed by atoms with E-state index in [2.05, 4.69) is 0 Å². The van der Waals surface area contributed by atoms with E-state index in [1.165, 1.54) is 18.2 Å². The summed E-state index contributed by atoms with van der Waals surface area (Å²) in [5, 5.41) is 0.178. The third-order valence-electron chi connectivity index (χ3n) is 1.28. The second-order valence-electron chi connectivity index (χ2n) is 2.30. The van der Waals surface area contributed by atoms with Crippen molar-refractivity contribution in [1.29, 1.82) is 0 Å². The lowest BCUT2D eigenvalue weighted by molar-refractivity contribution is 0.320. The molecule has 1 radical (unpaired) electrons. The van der Waals surface area contributed by atoms with Gasteiger partial charge in [-0.2, -0.15) is 0 Å². The maximum Gasteiger partial charge on any atom is 0.338 e. The molecule has 6 heteroatoms. The largest absolute Gasteiger partial charge is 0.444 e. The molecule has 0 aliphatic rings. The Morgan fingerprint density at radius 2 is 1.93 bits per heavy atom. The standard InChI is InChI=1S/C8H3Cl4O2/c9-6-3-5(4-13)1-2-7(6)14-8(10,11)12/h1-3H. The maximum absolute atomic E-state index is 10.3. The van der Waals surface area contributed by atoms with Crippen molar-refractivity contribution in [1.82, 2.24) is 0 Å². The van der Waals surface area contributed by atoms with Crippen LogP contribution in [0, 0.1) is 0 Å². The minimum Gasteiger partial charge on any atom is -0.444 e. The van der Waals surface area contributed by atoms with Gasteiger partial charge in [-0.1, -0.05) is 11.6 Å². The average Bonchev–Trinajstić information content (AvgIpc) is 2.06. The Hall–Kier alpha value is -0.150. The Bertz CT molecular complexity index is 346. The van der Waals surface area contributed by atoms with Crippen molar-refractivity contribution in [2.75, 3.05) is 0 Å². The highest BCUT2D eigenvalue weighted by molar-refractivity contribution is 6.66. The molecule has 0 atom stereocenters. The molecule has 0 saturated heterocycles. The summed E-state index contributed by atoms with van der Waals surface area (Å²) in [5.41, 5.74) is 0.298. The number of alkyl halides is 3. The predicted octanol–water partition coefficient (Wildman–Crippen LogP) is 3.50. The van der Waals surface area contributed by atoms with E-state index in [1.807, 2.05) is 0 Å². The number of halogens is 4. The molecule has 0 aliphatic heterocycles. The molecule has 1 aromatic rings. The first-order valence-corrected chi connectivity index (χ1v) is 4.87. The van der Waals surface area contributed by atoms with Crippen LogP contribution in [0.3, 0.4) is 0 Å². The number of hydrogen-bond donors (Lipinski definition) is 0. The minimum atomic E-state index is -1.88. The number of rotatable bonds is 2. The minimum absolute atomic E-state index is 0.178. The van der Waals surface area contributed by atoms with Gasteiger partial charge in [-0.25, -0.2) is 0 Å². The lowest BCUT2D eigenvalue weighted by Gasteiger charge is -2.14. The van der Waals surface area contributed by atoms with E-state index in [0.29, 0.717) is 5.56 Å². The molecule has 0 amide bonds.